The molecule has 1 rings (SSSR count). The van der Waals surface area contributed by atoms with Gasteiger partial charge in [-0.05, 0) is 18.3 Å². The third kappa shape index (κ3) is 1.45. The zero-order valence-corrected chi connectivity index (χ0v) is 6.30. The molecule has 1 nitrogen and oxygen atoms in total. The van der Waals surface area contributed by atoms with Gasteiger partial charge in [0.2, 0.25) is 0 Å². The molecular formula is C8H16O. The van der Waals surface area contributed by atoms with E-state index in [4.69, 9.17) is 0 Å². The molecule has 0 aromatic rings. The van der Waals surface area contributed by atoms with E-state index in [0.717, 1.165) is 12.3 Å². The molecule has 0 aromatic carbocycles. The Kier molecular flexibility index (Phi) is 2.12. The second-order valence-corrected chi connectivity index (χ2v) is 3.33. The molecule has 54 valence electrons. The molecule has 0 unspecified atom stereocenters. The van der Waals surface area contributed by atoms with Crippen molar-refractivity contribution >= 4 is 0 Å². The van der Waals surface area contributed by atoms with Gasteiger partial charge in [-0.2, -0.15) is 0 Å². The summed E-state index contributed by atoms with van der Waals surface area (Å²) in [5.41, 5.74) is 0. The summed E-state index contributed by atoms with van der Waals surface area (Å²) in [6.45, 7) is 4.38. The highest BCUT2D eigenvalue weighted by atomic mass is 16.3. The zero-order valence-electron chi connectivity index (χ0n) is 6.30. The first-order chi connectivity index (χ1) is 4.22. The van der Waals surface area contributed by atoms with Crippen molar-refractivity contribution in [3.63, 3.8) is 0 Å². The first-order valence-corrected chi connectivity index (χ1v) is 3.90. The number of hydrogen-bond donors (Lipinski definition) is 1. The predicted octanol–water partition coefficient (Wildman–Crippen LogP) is 1.80. The van der Waals surface area contributed by atoms with Crippen LogP contribution in [0.4, 0.5) is 0 Å². The van der Waals surface area contributed by atoms with Crippen LogP contribution in [0.15, 0.2) is 0 Å². The van der Waals surface area contributed by atoms with E-state index in [1.54, 1.807) is 0 Å². The summed E-state index contributed by atoms with van der Waals surface area (Å²) in [5.74, 6) is 1.26. The molecule has 9 heavy (non-hydrogen) atoms. The van der Waals surface area contributed by atoms with Crippen LogP contribution in [0, 0.1) is 11.8 Å². The first-order valence-electron chi connectivity index (χ1n) is 3.90. The van der Waals surface area contributed by atoms with Gasteiger partial charge in [0, 0.05) is 0 Å². The van der Waals surface area contributed by atoms with Crippen molar-refractivity contribution in [3.8, 4) is 0 Å². The van der Waals surface area contributed by atoms with E-state index in [9.17, 15) is 5.11 Å². The molecule has 1 fully saturated rings. The van der Waals surface area contributed by atoms with Crippen LogP contribution in [0.25, 0.3) is 0 Å². The van der Waals surface area contributed by atoms with Gasteiger partial charge in [-0.1, -0.05) is 26.7 Å². The Balaban J connectivity index is 2.41. The third-order valence-electron chi connectivity index (χ3n) is 2.66. The van der Waals surface area contributed by atoms with E-state index in [2.05, 4.69) is 13.8 Å². The van der Waals surface area contributed by atoms with E-state index >= 15 is 0 Å². The topological polar surface area (TPSA) is 20.2 Å². The molecule has 3 atom stereocenters. The molecule has 0 radical (unpaired) electrons. The van der Waals surface area contributed by atoms with Gasteiger partial charge in [0.1, 0.15) is 0 Å². The maximum absolute atomic E-state index is 9.35. The van der Waals surface area contributed by atoms with E-state index in [-0.39, 0.29) is 6.10 Å². The fourth-order valence-corrected chi connectivity index (χ4v) is 1.55. The van der Waals surface area contributed by atoms with Crippen LogP contribution >= 0.6 is 0 Å². The van der Waals surface area contributed by atoms with Crippen molar-refractivity contribution in [2.75, 3.05) is 0 Å². The quantitative estimate of drug-likeness (QED) is 0.527. The van der Waals surface area contributed by atoms with Gasteiger partial charge in [0.25, 0.3) is 0 Å². The van der Waals surface area contributed by atoms with E-state index < -0.39 is 0 Å². The summed E-state index contributed by atoms with van der Waals surface area (Å²) in [4.78, 5) is 0. The van der Waals surface area contributed by atoms with Gasteiger partial charge in [-0.25, -0.2) is 0 Å². The lowest BCUT2D eigenvalue weighted by Crippen LogP contribution is -2.28. The Bertz CT molecular complexity index is 80.6. The minimum atomic E-state index is -0.0197. The number of aliphatic hydroxyl groups is 1. The largest absolute Gasteiger partial charge is 0.393 e. The Morgan fingerprint density at radius 3 is 2.33 bits per heavy atom. The molecular weight excluding hydrogens is 112 g/mol. The second-order valence-electron chi connectivity index (χ2n) is 3.33. The van der Waals surface area contributed by atoms with E-state index in [1.807, 2.05) is 0 Å². The van der Waals surface area contributed by atoms with Crippen LogP contribution in [-0.4, -0.2) is 11.2 Å². The molecule has 0 amide bonds. The average molecular weight is 128 g/mol. The normalized spacial score (nSPS) is 45.0. The van der Waals surface area contributed by atoms with Crippen LogP contribution in [0.5, 0.6) is 0 Å². The van der Waals surface area contributed by atoms with Crippen molar-refractivity contribution in [1.29, 1.82) is 0 Å². The Morgan fingerprint density at radius 2 is 1.89 bits per heavy atom. The standard InChI is InChI=1S/C8H16O/c1-6-4-3-5-8(9)7(6)2/h6-9H,3-5H2,1-2H3/t6-,7-,8+/m1/s1. The van der Waals surface area contributed by atoms with E-state index in [1.165, 1.54) is 12.8 Å². The Hall–Kier alpha value is -0.0400. The van der Waals surface area contributed by atoms with Crippen molar-refractivity contribution in [3.05, 3.63) is 0 Å². The van der Waals surface area contributed by atoms with Crippen LogP contribution < -0.4 is 0 Å². The summed E-state index contributed by atoms with van der Waals surface area (Å²) in [6.07, 6.45) is 3.52. The molecule has 1 saturated carbocycles. The van der Waals surface area contributed by atoms with Gasteiger partial charge in [0.15, 0.2) is 0 Å². The van der Waals surface area contributed by atoms with Crippen LogP contribution in [0.2, 0.25) is 0 Å². The highest BCUT2D eigenvalue weighted by molar-refractivity contribution is 4.75. The highest BCUT2D eigenvalue weighted by Crippen LogP contribution is 2.28. The minimum absolute atomic E-state index is 0.0197. The fourth-order valence-electron chi connectivity index (χ4n) is 1.55. The molecule has 0 aromatic heterocycles. The van der Waals surface area contributed by atoms with E-state index in [0.29, 0.717) is 5.92 Å². The molecule has 0 aliphatic heterocycles. The van der Waals surface area contributed by atoms with Gasteiger partial charge in [0.05, 0.1) is 6.10 Å². The summed E-state index contributed by atoms with van der Waals surface area (Å²) in [5, 5.41) is 9.35. The number of rotatable bonds is 0. The maximum atomic E-state index is 9.35. The van der Waals surface area contributed by atoms with Crippen LogP contribution in [0.3, 0.4) is 0 Å². The number of aliphatic hydroxyl groups excluding tert-OH is 1. The summed E-state index contributed by atoms with van der Waals surface area (Å²) in [7, 11) is 0. The molecule has 0 spiro atoms. The molecule has 0 heterocycles. The summed E-state index contributed by atoms with van der Waals surface area (Å²) < 4.78 is 0. The molecule has 1 N–H and O–H groups in total. The highest BCUT2D eigenvalue weighted by Gasteiger charge is 2.24. The van der Waals surface area contributed by atoms with Crippen molar-refractivity contribution in [1.82, 2.24) is 0 Å². The lowest BCUT2D eigenvalue weighted by atomic mass is 9.80. The van der Waals surface area contributed by atoms with Gasteiger partial charge in [-0.15, -0.1) is 0 Å². The fraction of sp³-hybridized carbons (Fsp3) is 1.00. The Labute approximate surface area is 57.1 Å². The molecule has 1 aliphatic rings. The lowest BCUT2D eigenvalue weighted by molar-refractivity contribution is 0.0486. The minimum Gasteiger partial charge on any atom is -0.393 e. The second kappa shape index (κ2) is 2.70. The van der Waals surface area contributed by atoms with Crippen LogP contribution in [0.1, 0.15) is 33.1 Å². The van der Waals surface area contributed by atoms with Gasteiger partial charge in [-0.3, -0.25) is 0 Å². The van der Waals surface area contributed by atoms with Crippen molar-refractivity contribution in [2.24, 2.45) is 11.8 Å². The van der Waals surface area contributed by atoms with Crippen LogP contribution in [-0.2, 0) is 0 Å². The van der Waals surface area contributed by atoms with Crippen molar-refractivity contribution < 1.29 is 5.11 Å². The number of hydrogen-bond acceptors (Lipinski definition) is 1. The lowest BCUT2D eigenvalue weighted by Gasteiger charge is -2.30. The summed E-state index contributed by atoms with van der Waals surface area (Å²) >= 11 is 0. The average Bonchev–Trinajstić information content (AvgIpc) is 1.83. The summed E-state index contributed by atoms with van der Waals surface area (Å²) in [6, 6.07) is 0. The van der Waals surface area contributed by atoms with Gasteiger partial charge < -0.3 is 5.11 Å². The molecule has 1 heteroatoms. The van der Waals surface area contributed by atoms with Gasteiger partial charge >= 0.3 is 0 Å². The van der Waals surface area contributed by atoms with Crippen molar-refractivity contribution in [2.45, 2.75) is 39.2 Å². The smallest absolute Gasteiger partial charge is 0.0568 e. The maximum Gasteiger partial charge on any atom is 0.0568 e. The molecule has 0 bridgehead atoms. The monoisotopic (exact) mass is 128 g/mol. The predicted molar refractivity (Wildman–Crippen MR) is 38.2 cm³/mol. The SMILES string of the molecule is C[C@@H]1[C@H](C)CCC[C@@H]1O. The zero-order chi connectivity index (χ0) is 6.85. The Morgan fingerprint density at radius 1 is 1.22 bits per heavy atom. The molecule has 1 aliphatic carbocycles. The molecule has 0 saturated heterocycles. The first kappa shape index (κ1) is 7.07. The third-order valence-corrected chi connectivity index (χ3v) is 2.66.